The Balaban J connectivity index is 2.07. The molecule has 1 unspecified atom stereocenters. The molecule has 3 N–H and O–H groups in total. The molecule has 3 nitrogen and oxygen atoms in total. The third-order valence-electron chi connectivity index (χ3n) is 4.41. The molecule has 2 rings (SSSR count). The van der Waals surface area contributed by atoms with Crippen LogP contribution in [0, 0.1) is 0 Å². The third-order valence-corrected chi connectivity index (χ3v) is 5.53. The van der Waals surface area contributed by atoms with Gasteiger partial charge >= 0.3 is 0 Å². The smallest absolute Gasteiger partial charge is 0.188 e. The van der Waals surface area contributed by atoms with Gasteiger partial charge in [0.25, 0.3) is 0 Å². The minimum atomic E-state index is 0.230. The SMILES string of the molecule is CCC(C)NC(N)=NCC1(c2cccs2)CCCCC1. The van der Waals surface area contributed by atoms with Gasteiger partial charge < -0.3 is 11.1 Å². The van der Waals surface area contributed by atoms with Crippen molar-refractivity contribution < 1.29 is 0 Å². The molecule has 1 fully saturated rings. The van der Waals surface area contributed by atoms with Crippen LogP contribution >= 0.6 is 11.3 Å². The summed E-state index contributed by atoms with van der Waals surface area (Å²) in [5, 5.41) is 5.44. The van der Waals surface area contributed by atoms with Crippen molar-refractivity contribution in [2.24, 2.45) is 10.7 Å². The number of hydrogen-bond donors (Lipinski definition) is 2. The van der Waals surface area contributed by atoms with Crippen molar-refractivity contribution in [2.75, 3.05) is 6.54 Å². The first-order valence-electron chi connectivity index (χ1n) is 7.77. The Hall–Kier alpha value is -1.03. The molecular weight excluding hydrogens is 266 g/mol. The fourth-order valence-corrected chi connectivity index (χ4v) is 3.91. The fraction of sp³-hybridized carbons (Fsp3) is 0.688. The molecule has 4 heteroatoms. The van der Waals surface area contributed by atoms with Gasteiger partial charge in [-0.1, -0.05) is 32.3 Å². The Morgan fingerprint density at radius 1 is 1.45 bits per heavy atom. The molecule has 1 aromatic rings. The van der Waals surface area contributed by atoms with Crippen molar-refractivity contribution >= 4 is 17.3 Å². The van der Waals surface area contributed by atoms with Crippen LogP contribution in [0.5, 0.6) is 0 Å². The molecule has 1 aromatic heterocycles. The first-order valence-corrected chi connectivity index (χ1v) is 8.65. The third kappa shape index (κ3) is 3.75. The second kappa shape index (κ2) is 7.11. The highest BCUT2D eigenvalue weighted by Crippen LogP contribution is 2.41. The minimum Gasteiger partial charge on any atom is -0.370 e. The van der Waals surface area contributed by atoms with Gasteiger partial charge in [-0.2, -0.15) is 0 Å². The van der Waals surface area contributed by atoms with Crippen LogP contribution in [0.2, 0.25) is 0 Å². The molecule has 1 saturated carbocycles. The summed E-state index contributed by atoms with van der Waals surface area (Å²) in [5.41, 5.74) is 6.25. The zero-order chi connectivity index (χ0) is 14.4. The van der Waals surface area contributed by atoms with E-state index in [2.05, 4.69) is 41.7 Å². The van der Waals surface area contributed by atoms with Gasteiger partial charge in [0.05, 0.1) is 6.54 Å². The van der Waals surface area contributed by atoms with Gasteiger partial charge in [0.2, 0.25) is 0 Å². The Bertz CT molecular complexity index is 419. The first-order chi connectivity index (χ1) is 9.66. The van der Waals surface area contributed by atoms with Gasteiger partial charge in [-0.15, -0.1) is 11.3 Å². The van der Waals surface area contributed by atoms with Gasteiger partial charge in [0, 0.05) is 16.3 Å². The predicted molar refractivity (Wildman–Crippen MR) is 88.5 cm³/mol. The summed E-state index contributed by atoms with van der Waals surface area (Å²) >= 11 is 1.87. The van der Waals surface area contributed by atoms with Crippen molar-refractivity contribution in [1.29, 1.82) is 0 Å². The minimum absolute atomic E-state index is 0.230. The summed E-state index contributed by atoms with van der Waals surface area (Å²) in [6.45, 7) is 5.11. The standard InChI is InChI=1S/C16H27N3S/c1-3-13(2)19-15(17)18-12-16(9-5-4-6-10-16)14-8-7-11-20-14/h7-8,11,13H,3-6,9-10,12H2,1-2H3,(H3,17,18,19). The Kier molecular flexibility index (Phi) is 5.46. The van der Waals surface area contributed by atoms with Crippen molar-refractivity contribution in [3.05, 3.63) is 22.4 Å². The van der Waals surface area contributed by atoms with E-state index in [9.17, 15) is 0 Å². The monoisotopic (exact) mass is 293 g/mol. The van der Waals surface area contributed by atoms with Gasteiger partial charge in [-0.05, 0) is 37.6 Å². The molecule has 0 saturated heterocycles. The van der Waals surface area contributed by atoms with E-state index in [0.29, 0.717) is 12.0 Å². The fourth-order valence-electron chi connectivity index (χ4n) is 2.93. The lowest BCUT2D eigenvalue weighted by Gasteiger charge is -2.35. The quantitative estimate of drug-likeness (QED) is 0.643. The second-order valence-electron chi connectivity index (χ2n) is 5.97. The number of thiophene rings is 1. The number of nitrogens with one attached hydrogen (secondary N) is 1. The van der Waals surface area contributed by atoms with Gasteiger partial charge in [-0.3, -0.25) is 4.99 Å². The molecule has 0 aliphatic heterocycles. The highest BCUT2D eigenvalue weighted by Gasteiger charge is 2.34. The van der Waals surface area contributed by atoms with Crippen LogP contribution in [0.15, 0.2) is 22.5 Å². The lowest BCUT2D eigenvalue weighted by molar-refractivity contribution is 0.306. The zero-order valence-electron chi connectivity index (χ0n) is 12.7. The average molecular weight is 293 g/mol. The number of rotatable bonds is 5. The Morgan fingerprint density at radius 3 is 2.80 bits per heavy atom. The number of nitrogens with two attached hydrogens (primary N) is 1. The molecule has 0 spiro atoms. The zero-order valence-corrected chi connectivity index (χ0v) is 13.5. The lowest BCUT2D eigenvalue weighted by Crippen LogP contribution is -2.40. The van der Waals surface area contributed by atoms with Crippen molar-refractivity contribution in [3.63, 3.8) is 0 Å². The van der Waals surface area contributed by atoms with E-state index < -0.39 is 0 Å². The van der Waals surface area contributed by atoms with E-state index >= 15 is 0 Å². The van der Waals surface area contributed by atoms with E-state index in [1.165, 1.54) is 37.0 Å². The summed E-state index contributed by atoms with van der Waals surface area (Å²) in [6.07, 6.45) is 7.53. The van der Waals surface area contributed by atoms with Crippen molar-refractivity contribution in [1.82, 2.24) is 5.32 Å². The van der Waals surface area contributed by atoms with Crippen LogP contribution in [-0.2, 0) is 5.41 Å². The first kappa shape index (κ1) is 15.4. The molecule has 0 aromatic carbocycles. The van der Waals surface area contributed by atoms with Gasteiger partial charge in [0.15, 0.2) is 5.96 Å². The lowest BCUT2D eigenvalue weighted by atomic mass is 9.73. The predicted octanol–water partition coefficient (Wildman–Crippen LogP) is 3.65. The Morgan fingerprint density at radius 2 is 2.20 bits per heavy atom. The van der Waals surface area contributed by atoms with Crippen LogP contribution in [0.25, 0.3) is 0 Å². The number of nitrogens with zero attached hydrogens (tertiary/aromatic N) is 1. The summed E-state index contributed by atoms with van der Waals surface area (Å²) in [4.78, 5) is 6.14. The van der Waals surface area contributed by atoms with E-state index in [1.54, 1.807) is 0 Å². The molecule has 1 aliphatic rings. The van der Waals surface area contributed by atoms with Crippen LogP contribution in [-0.4, -0.2) is 18.5 Å². The summed E-state index contributed by atoms with van der Waals surface area (Å²) in [7, 11) is 0. The number of hydrogen-bond acceptors (Lipinski definition) is 2. The molecule has 0 amide bonds. The molecule has 0 radical (unpaired) electrons. The van der Waals surface area contributed by atoms with E-state index in [0.717, 1.165) is 13.0 Å². The van der Waals surface area contributed by atoms with E-state index in [1.807, 2.05) is 11.3 Å². The highest BCUT2D eigenvalue weighted by molar-refractivity contribution is 7.10. The maximum atomic E-state index is 6.02. The molecule has 1 heterocycles. The van der Waals surface area contributed by atoms with E-state index in [-0.39, 0.29) is 5.41 Å². The molecule has 112 valence electrons. The topological polar surface area (TPSA) is 50.4 Å². The number of guanidine groups is 1. The number of aliphatic imine (C=N–C) groups is 1. The normalized spacial score (nSPS) is 20.6. The highest BCUT2D eigenvalue weighted by atomic mass is 32.1. The second-order valence-corrected chi connectivity index (χ2v) is 6.92. The maximum absolute atomic E-state index is 6.02. The van der Waals surface area contributed by atoms with Gasteiger partial charge in [0.1, 0.15) is 0 Å². The summed E-state index contributed by atoms with van der Waals surface area (Å²) in [5.74, 6) is 0.598. The van der Waals surface area contributed by atoms with Crippen molar-refractivity contribution in [2.45, 2.75) is 63.8 Å². The average Bonchev–Trinajstić information content (AvgIpc) is 3.01. The van der Waals surface area contributed by atoms with Crippen LogP contribution < -0.4 is 11.1 Å². The van der Waals surface area contributed by atoms with Crippen molar-refractivity contribution in [3.8, 4) is 0 Å². The molecule has 1 aliphatic carbocycles. The molecule has 1 atom stereocenters. The molecule has 20 heavy (non-hydrogen) atoms. The van der Waals surface area contributed by atoms with E-state index in [4.69, 9.17) is 5.73 Å². The maximum Gasteiger partial charge on any atom is 0.188 e. The van der Waals surface area contributed by atoms with Crippen LogP contribution in [0.1, 0.15) is 57.2 Å². The molecular formula is C16H27N3S. The largest absolute Gasteiger partial charge is 0.370 e. The summed E-state index contributed by atoms with van der Waals surface area (Å²) < 4.78 is 0. The van der Waals surface area contributed by atoms with Gasteiger partial charge in [-0.25, -0.2) is 0 Å². The van der Waals surface area contributed by atoms with Crippen LogP contribution in [0.4, 0.5) is 0 Å². The summed E-state index contributed by atoms with van der Waals surface area (Å²) in [6, 6.07) is 4.81. The van der Waals surface area contributed by atoms with Crippen LogP contribution in [0.3, 0.4) is 0 Å². The molecule has 0 bridgehead atoms. The Labute approximate surface area is 126 Å².